The lowest BCUT2D eigenvalue weighted by Gasteiger charge is -2.15. The first-order chi connectivity index (χ1) is 12.1. The molecule has 25 heavy (non-hydrogen) atoms. The molecular weight excluding hydrogens is 336 g/mol. The molecule has 0 heterocycles. The Balaban J connectivity index is 1.99. The Morgan fingerprint density at radius 1 is 1.04 bits per heavy atom. The molecule has 0 atom stereocenters. The summed E-state index contributed by atoms with van der Waals surface area (Å²) in [4.78, 5) is 2.16. The van der Waals surface area contributed by atoms with Crippen LogP contribution in [-0.4, -0.2) is 38.7 Å². The van der Waals surface area contributed by atoms with Gasteiger partial charge >= 0.3 is 0 Å². The molecule has 0 aliphatic heterocycles. The molecule has 2 aromatic rings. The van der Waals surface area contributed by atoms with Gasteiger partial charge in [-0.2, -0.15) is 0 Å². The maximum atomic E-state index is 6.19. The number of hydrogen-bond donors (Lipinski definition) is 1. The van der Waals surface area contributed by atoms with Crippen LogP contribution in [0.25, 0.3) is 0 Å². The number of halogens is 1. The van der Waals surface area contributed by atoms with Crippen LogP contribution < -0.4 is 14.8 Å². The zero-order valence-corrected chi connectivity index (χ0v) is 16.0. The van der Waals surface area contributed by atoms with Gasteiger partial charge in [-0.25, -0.2) is 0 Å². The monoisotopic (exact) mass is 362 g/mol. The highest BCUT2D eigenvalue weighted by Crippen LogP contribution is 2.30. The molecule has 0 saturated carbocycles. The van der Waals surface area contributed by atoms with Crippen LogP contribution in [0.4, 0.5) is 0 Å². The molecule has 1 N–H and O–H groups in total. The standard InChI is InChI=1S/C20H27ClN2O2/c1-4-24-20-13-16(14-22-11-12-23(2)3)9-10-19(20)25-15-17-7-5-6-8-18(17)21/h5-10,13,22H,4,11-12,14-15H2,1-3H3. The molecule has 0 unspecified atom stereocenters. The van der Waals surface area contributed by atoms with E-state index >= 15 is 0 Å². The molecule has 2 rings (SSSR count). The lowest BCUT2D eigenvalue weighted by molar-refractivity contribution is 0.269. The van der Waals surface area contributed by atoms with Crippen LogP contribution in [0.2, 0.25) is 5.02 Å². The van der Waals surface area contributed by atoms with Gasteiger partial charge in [0.1, 0.15) is 6.61 Å². The molecule has 0 aromatic heterocycles. The van der Waals surface area contributed by atoms with Crippen molar-refractivity contribution in [3.05, 3.63) is 58.6 Å². The van der Waals surface area contributed by atoms with Crippen LogP contribution in [0.5, 0.6) is 11.5 Å². The van der Waals surface area contributed by atoms with Crippen molar-refractivity contribution in [3.8, 4) is 11.5 Å². The average Bonchev–Trinajstić information content (AvgIpc) is 2.59. The Morgan fingerprint density at radius 2 is 1.84 bits per heavy atom. The van der Waals surface area contributed by atoms with Crippen molar-refractivity contribution in [2.75, 3.05) is 33.8 Å². The van der Waals surface area contributed by atoms with E-state index in [0.29, 0.717) is 18.2 Å². The first kappa shape index (κ1) is 19.6. The first-order valence-electron chi connectivity index (χ1n) is 8.57. The van der Waals surface area contributed by atoms with Crippen LogP contribution in [-0.2, 0) is 13.2 Å². The van der Waals surface area contributed by atoms with Crippen LogP contribution in [0.3, 0.4) is 0 Å². The smallest absolute Gasteiger partial charge is 0.161 e. The van der Waals surface area contributed by atoms with E-state index < -0.39 is 0 Å². The van der Waals surface area contributed by atoms with Gasteiger partial charge in [-0.15, -0.1) is 0 Å². The van der Waals surface area contributed by atoms with Gasteiger partial charge in [-0.3, -0.25) is 0 Å². The Bertz CT molecular complexity index is 662. The number of hydrogen-bond acceptors (Lipinski definition) is 4. The summed E-state index contributed by atoms with van der Waals surface area (Å²) in [6.45, 7) is 5.75. The summed E-state index contributed by atoms with van der Waals surface area (Å²) >= 11 is 6.19. The molecule has 0 aliphatic rings. The van der Waals surface area contributed by atoms with E-state index in [2.05, 4.69) is 30.4 Å². The maximum absolute atomic E-state index is 6.19. The minimum Gasteiger partial charge on any atom is -0.490 e. The van der Waals surface area contributed by atoms with Crippen LogP contribution in [0.15, 0.2) is 42.5 Å². The number of likely N-dealkylation sites (N-methyl/N-ethyl adjacent to an activating group) is 1. The van der Waals surface area contributed by atoms with Gasteiger partial charge in [0.15, 0.2) is 11.5 Å². The van der Waals surface area contributed by atoms with Gasteiger partial charge in [0, 0.05) is 30.2 Å². The van der Waals surface area contributed by atoms with E-state index in [4.69, 9.17) is 21.1 Å². The first-order valence-corrected chi connectivity index (χ1v) is 8.95. The second-order valence-electron chi connectivity index (χ2n) is 6.07. The predicted molar refractivity (Wildman–Crippen MR) is 104 cm³/mol. The molecule has 4 nitrogen and oxygen atoms in total. The Kier molecular flexibility index (Phi) is 8.06. The zero-order chi connectivity index (χ0) is 18.1. The quantitative estimate of drug-likeness (QED) is 0.648. The average molecular weight is 363 g/mol. The molecule has 2 aromatic carbocycles. The summed E-state index contributed by atoms with van der Waals surface area (Å²) in [5.74, 6) is 1.50. The third kappa shape index (κ3) is 6.58. The van der Waals surface area contributed by atoms with Crippen LogP contribution in [0, 0.1) is 0 Å². The van der Waals surface area contributed by atoms with Crippen LogP contribution >= 0.6 is 11.6 Å². The molecule has 5 heteroatoms. The molecular formula is C20H27ClN2O2. The van der Waals surface area contributed by atoms with E-state index in [1.54, 1.807) is 0 Å². The third-order valence-corrected chi connectivity index (χ3v) is 4.08. The minimum absolute atomic E-state index is 0.417. The van der Waals surface area contributed by atoms with Crippen molar-refractivity contribution in [1.29, 1.82) is 0 Å². The molecule has 0 radical (unpaired) electrons. The summed E-state index contributed by atoms with van der Waals surface area (Å²) in [6.07, 6.45) is 0. The number of rotatable bonds is 10. The van der Waals surface area contributed by atoms with E-state index in [9.17, 15) is 0 Å². The van der Waals surface area contributed by atoms with Gasteiger partial charge in [0.05, 0.1) is 6.61 Å². The van der Waals surface area contributed by atoms with Crippen LogP contribution in [0.1, 0.15) is 18.1 Å². The molecule has 136 valence electrons. The fourth-order valence-corrected chi connectivity index (χ4v) is 2.55. The van der Waals surface area contributed by atoms with Crippen molar-refractivity contribution in [1.82, 2.24) is 10.2 Å². The van der Waals surface area contributed by atoms with Gasteiger partial charge in [0.2, 0.25) is 0 Å². The zero-order valence-electron chi connectivity index (χ0n) is 15.2. The van der Waals surface area contributed by atoms with Crippen molar-refractivity contribution < 1.29 is 9.47 Å². The van der Waals surface area contributed by atoms with Gasteiger partial charge in [0.25, 0.3) is 0 Å². The fraction of sp³-hybridized carbons (Fsp3) is 0.400. The van der Waals surface area contributed by atoms with E-state index in [0.717, 1.165) is 36.7 Å². The third-order valence-electron chi connectivity index (χ3n) is 3.71. The lowest BCUT2D eigenvalue weighted by atomic mass is 10.2. The highest BCUT2D eigenvalue weighted by Gasteiger charge is 2.08. The SMILES string of the molecule is CCOc1cc(CNCCN(C)C)ccc1OCc1ccccc1Cl. The van der Waals surface area contributed by atoms with E-state index in [1.165, 1.54) is 5.56 Å². The van der Waals surface area contributed by atoms with Crippen molar-refractivity contribution in [3.63, 3.8) is 0 Å². The largest absolute Gasteiger partial charge is 0.490 e. The summed E-state index contributed by atoms with van der Waals surface area (Å²) in [5.41, 5.74) is 2.13. The van der Waals surface area contributed by atoms with Gasteiger partial charge in [-0.05, 0) is 44.8 Å². The minimum atomic E-state index is 0.417. The predicted octanol–water partition coefficient (Wildman–Crippen LogP) is 3.97. The van der Waals surface area contributed by atoms with Crippen molar-refractivity contribution >= 4 is 11.6 Å². The Hall–Kier alpha value is -1.75. The number of nitrogens with one attached hydrogen (secondary N) is 1. The normalized spacial score (nSPS) is 10.9. The summed E-state index contributed by atoms with van der Waals surface area (Å²) in [6, 6.07) is 13.8. The second kappa shape index (κ2) is 10.3. The van der Waals surface area contributed by atoms with Gasteiger partial charge < -0.3 is 19.7 Å². The number of ether oxygens (including phenoxy) is 2. The fourth-order valence-electron chi connectivity index (χ4n) is 2.36. The molecule has 0 aliphatic carbocycles. The Morgan fingerprint density at radius 3 is 2.56 bits per heavy atom. The van der Waals surface area contributed by atoms with Crippen molar-refractivity contribution in [2.45, 2.75) is 20.1 Å². The van der Waals surface area contributed by atoms with Crippen molar-refractivity contribution in [2.24, 2.45) is 0 Å². The highest BCUT2D eigenvalue weighted by molar-refractivity contribution is 6.31. The van der Waals surface area contributed by atoms with E-state index in [1.807, 2.05) is 43.3 Å². The lowest BCUT2D eigenvalue weighted by Crippen LogP contribution is -2.26. The number of benzene rings is 2. The molecule has 0 bridgehead atoms. The van der Waals surface area contributed by atoms with Gasteiger partial charge in [-0.1, -0.05) is 35.9 Å². The molecule has 0 spiro atoms. The molecule has 0 saturated heterocycles. The molecule has 0 amide bonds. The summed E-state index contributed by atoms with van der Waals surface area (Å²) in [7, 11) is 4.14. The second-order valence-corrected chi connectivity index (χ2v) is 6.48. The molecule has 0 fully saturated rings. The topological polar surface area (TPSA) is 33.7 Å². The number of nitrogens with zero attached hydrogens (tertiary/aromatic N) is 1. The van der Waals surface area contributed by atoms with E-state index in [-0.39, 0.29) is 0 Å². The highest BCUT2D eigenvalue weighted by atomic mass is 35.5. The summed E-state index contributed by atoms with van der Waals surface area (Å²) < 4.78 is 11.7. The summed E-state index contributed by atoms with van der Waals surface area (Å²) in [5, 5.41) is 4.14. The maximum Gasteiger partial charge on any atom is 0.161 e. The Labute approximate surface area is 155 Å².